The van der Waals surface area contributed by atoms with E-state index in [1.54, 1.807) is 6.07 Å². The van der Waals surface area contributed by atoms with Crippen LogP contribution in [-0.4, -0.2) is 18.6 Å². The number of benzene rings is 1. The molecule has 76 valence electrons. The number of primary amides is 1. The number of hydrogen-bond acceptors (Lipinski definition) is 3. The summed E-state index contributed by atoms with van der Waals surface area (Å²) in [5.41, 5.74) is 10.2. The number of amides is 1. The van der Waals surface area contributed by atoms with E-state index in [0.717, 1.165) is 0 Å². The van der Waals surface area contributed by atoms with Gasteiger partial charge in [-0.25, -0.2) is 4.39 Å². The average Bonchev–Trinajstić information content (AvgIpc) is 2.14. The Morgan fingerprint density at radius 2 is 2.29 bits per heavy atom. The highest BCUT2D eigenvalue weighted by molar-refractivity contribution is 5.79. The van der Waals surface area contributed by atoms with E-state index in [4.69, 9.17) is 16.2 Å². The summed E-state index contributed by atoms with van der Waals surface area (Å²) in [5.74, 6) is -0.738. The van der Waals surface area contributed by atoms with Crippen LogP contribution in [0.3, 0.4) is 0 Å². The quantitative estimate of drug-likeness (QED) is 0.715. The number of rotatable bonds is 4. The highest BCUT2D eigenvalue weighted by Gasteiger charge is 2.09. The van der Waals surface area contributed by atoms with Crippen LogP contribution in [-0.2, 0) is 4.79 Å². The van der Waals surface area contributed by atoms with Crippen LogP contribution in [0.25, 0.3) is 0 Å². The lowest BCUT2D eigenvalue weighted by molar-refractivity contribution is -0.119. The molecule has 0 saturated carbocycles. The number of carbonyl (C=O) groups excluding carboxylic acids is 1. The monoisotopic (exact) mass is 198 g/mol. The summed E-state index contributed by atoms with van der Waals surface area (Å²) < 4.78 is 17.7. The molecule has 4 N–H and O–H groups in total. The van der Waals surface area contributed by atoms with Crippen molar-refractivity contribution >= 4 is 5.91 Å². The molecule has 1 aromatic rings. The van der Waals surface area contributed by atoms with Gasteiger partial charge < -0.3 is 16.2 Å². The Hall–Kier alpha value is -1.62. The molecule has 0 heterocycles. The van der Waals surface area contributed by atoms with E-state index in [2.05, 4.69) is 0 Å². The third kappa shape index (κ3) is 3.02. The van der Waals surface area contributed by atoms with E-state index in [9.17, 15) is 9.18 Å². The molecule has 0 fully saturated rings. The Kier molecular flexibility index (Phi) is 3.41. The van der Waals surface area contributed by atoms with Crippen LogP contribution >= 0.6 is 0 Å². The highest BCUT2D eigenvalue weighted by atomic mass is 19.1. The van der Waals surface area contributed by atoms with Gasteiger partial charge in [0.15, 0.2) is 0 Å². The Morgan fingerprint density at radius 3 is 2.86 bits per heavy atom. The smallest absolute Gasteiger partial charge is 0.237 e. The predicted molar refractivity (Wildman–Crippen MR) is 49.1 cm³/mol. The van der Waals surface area contributed by atoms with Crippen molar-refractivity contribution in [3.05, 3.63) is 30.1 Å². The van der Waals surface area contributed by atoms with E-state index in [1.165, 1.54) is 18.2 Å². The number of hydrogen-bond donors (Lipinski definition) is 2. The van der Waals surface area contributed by atoms with Crippen LogP contribution in [0.4, 0.5) is 4.39 Å². The summed E-state index contributed by atoms with van der Waals surface area (Å²) in [6.45, 7) is -0.0568. The lowest BCUT2D eigenvalue weighted by Gasteiger charge is -2.09. The van der Waals surface area contributed by atoms with Crippen molar-refractivity contribution in [1.29, 1.82) is 0 Å². The molecular weight excluding hydrogens is 187 g/mol. The third-order valence-corrected chi connectivity index (χ3v) is 1.59. The first-order valence-electron chi connectivity index (χ1n) is 4.03. The number of nitrogens with two attached hydrogens (primary N) is 2. The molecule has 1 rings (SSSR count). The lowest BCUT2D eigenvalue weighted by atomic mass is 10.3. The largest absolute Gasteiger partial charge is 0.491 e. The second-order valence-electron chi connectivity index (χ2n) is 2.78. The van der Waals surface area contributed by atoms with Crippen molar-refractivity contribution in [1.82, 2.24) is 0 Å². The minimum atomic E-state index is -0.877. The molecule has 1 unspecified atom stereocenters. The van der Waals surface area contributed by atoms with E-state index in [0.29, 0.717) is 5.75 Å². The van der Waals surface area contributed by atoms with Crippen molar-refractivity contribution in [2.75, 3.05) is 6.61 Å². The molecule has 0 bridgehead atoms. The molecule has 0 radical (unpaired) electrons. The maximum atomic E-state index is 12.6. The third-order valence-electron chi connectivity index (χ3n) is 1.59. The second-order valence-corrected chi connectivity index (χ2v) is 2.78. The Balaban J connectivity index is 2.49. The van der Waals surface area contributed by atoms with Gasteiger partial charge in [0, 0.05) is 6.07 Å². The van der Waals surface area contributed by atoms with Gasteiger partial charge in [0.05, 0.1) is 0 Å². The predicted octanol–water partition coefficient (Wildman–Crippen LogP) is 0.0171. The van der Waals surface area contributed by atoms with Crippen molar-refractivity contribution in [3.63, 3.8) is 0 Å². The van der Waals surface area contributed by atoms with Crippen molar-refractivity contribution < 1.29 is 13.9 Å². The molecule has 0 aliphatic rings. The first-order valence-corrected chi connectivity index (χ1v) is 4.03. The van der Waals surface area contributed by atoms with Gasteiger partial charge in [-0.2, -0.15) is 0 Å². The molecule has 0 aliphatic carbocycles. The molecule has 1 atom stereocenters. The van der Waals surface area contributed by atoms with Crippen LogP contribution in [0, 0.1) is 5.82 Å². The molecule has 4 nitrogen and oxygen atoms in total. The summed E-state index contributed by atoms with van der Waals surface area (Å²) in [6.07, 6.45) is 0. The molecule has 1 aromatic carbocycles. The highest BCUT2D eigenvalue weighted by Crippen LogP contribution is 2.11. The van der Waals surface area contributed by atoms with Gasteiger partial charge in [-0.1, -0.05) is 6.07 Å². The minimum absolute atomic E-state index is 0.0568. The molecule has 0 aromatic heterocycles. The maximum absolute atomic E-state index is 12.6. The van der Waals surface area contributed by atoms with Gasteiger partial charge in [0.25, 0.3) is 0 Å². The normalized spacial score (nSPS) is 12.1. The van der Waals surface area contributed by atoms with E-state index in [1.807, 2.05) is 0 Å². The van der Waals surface area contributed by atoms with Gasteiger partial charge >= 0.3 is 0 Å². The minimum Gasteiger partial charge on any atom is -0.491 e. The lowest BCUT2D eigenvalue weighted by Crippen LogP contribution is -2.41. The molecule has 14 heavy (non-hydrogen) atoms. The molecule has 0 aliphatic heterocycles. The zero-order chi connectivity index (χ0) is 10.6. The van der Waals surface area contributed by atoms with Crippen LogP contribution in [0.5, 0.6) is 5.75 Å². The summed E-state index contributed by atoms with van der Waals surface area (Å²) >= 11 is 0. The van der Waals surface area contributed by atoms with E-state index in [-0.39, 0.29) is 6.61 Å². The van der Waals surface area contributed by atoms with E-state index >= 15 is 0 Å². The first kappa shape index (κ1) is 10.5. The molecular formula is C9H11FN2O2. The van der Waals surface area contributed by atoms with Crippen LogP contribution in [0.15, 0.2) is 24.3 Å². The average molecular weight is 198 g/mol. The Morgan fingerprint density at radius 1 is 1.57 bits per heavy atom. The van der Waals surface area contributed by atoms with Crippen molar-refractivity contribution in [2.24, 2.45) is 11.5 Å². The molecule has 0 spiro atoms. The molecule has 0 saturated heterocycles. The first-order chi connectivity index (χ1) is 6.59. The summed E-state index contributed by atoms with van der Waals surface area (Å²) in [6, 6.07) is 4.68. The fourth-order valence-electron chi connectivity index (χ4n) is 0.825. The number of carbonyl (C=O) groups is 1. The second kappa shape index (κ2) is 4.57. The topological polar surface area (TPSA) is 78.3 Å². The molecule has 5 heteroatoms. The van der Waals surface area contributed by atoms with Gasteiger partial charge in [0.1, 0.15) is 24.2 Å². The Labute approximate surface area is 80.6 Å². The van der Waals surface area contributed by atoms with E-state index < -0.39 is 17.8 Å². The summed E-state index contributed by atoms with van der Waals surface area (Å²) in [4.78, 5) is 10.5. The summed E-state index contributed by atoms with van der Waals surface area (Å²) in [7, 11) is 0. The fourth-order valence-corrected chi connectivity index (χ4v) is 0.825. The van der Waals surface area contributed by atoms with Gasteiger partial charge in [-0.05, 0) is 12.1 Å². The number of ether oxygens (including phenoxy) is 1. The number of halogens is 1. The van der Waals surface area contributed by atoms with Crippen molar-refractivity contribution in [3.8, 4) is 5.75 Å². The Bertz CT molecular complexity index is 330. The van der Waals surface area contributed by atoms with Crippen LogP contribution in [0.2, 0.25) is 0 Å². The van der Waals surface area contributed by atoms with Gasteiger partial charge in [-0.15, -0.1) is 0 Å². The fraction of sp³-hybridized carbons (Fsp3) is 0.222. The van der Waals surface area contributed by atoms with Gasteiger partial charge in [-0.3, -0.25) is 4.79 Å². The van der Waals surface area contributed by atoms with Crippen molar-refractivity contribution in [2.45, 2.75) is 6.04 Å². The summed E-state index contributed by atoms with van der Waals surface area (Å²) in [5, 5.41) is 0. The van der Waals surface area contributed by atoms with Crippen LogP contribution < -0.4 is 16.2 Å². The molecule has 1 amide bonds. The SMILES string of the molecule is NC(=O)C(N)COc1cccc(F)c1. The van der Waals surface area contributed by atoms with Gasteiger partial charge in [0.2, 0.25) is 5.91 Å². The maximum Gasteiger partial charge on any atom is 0.237 e. The van der Waals surface area contributed by atoms with Crippen LogP contribution in [0.1, 0.15) is 0 Å². The zero-order valence-electron chi connectivity index (χ0n) is 7.44. The standard InChI is InChI=1S/C9H11FN2O2/c10-6-2-1-3-7(4-6)14-5-8(11)9(12)13/h1-4,8H,5,11H2,(H2,12,13). The zero-order valence-corrected chi connectivity index (χ0v) is 7.44.